The van der Waals surface area contributed by atoms with E-state index in [9.17, 15) is 9.59 Å². The molecule has 230 valence electrons. The maximum absolute atomic E-state index is 13.0. The highest BCUT2D eigenvalue weighted by molar-refractivity contribution is 7.09. The Labute approximate surface area is 267 Å². The Balaban J connectivity index is 1.51. The van der Waals surface area contributed by atoms with Crippen molar-refractivity contribution in [3.8, 4) is 0 Å². The van der Waals surface area contributed by atoms with Crippen LogP contribution in [0.5, 0.6) is 0 Å². The summed E-state index contributed by atoms with van der Waals surface area (Å²) in [5, 5.41) is 9.59. The zero-order chi connectivity index (χ0) is 30.8. The van der Waals surface area contributed by atoms with Crippen molar-refractivity contribution in [2.24, 2.45) is 5.73 Å². The van der Waals surface area contributed by atoms with E-state index in [0.717, 1.165) is 41.0 Å². The maximum Gasteiger partial charge on any atom is 0.319 e. The van der Waals surface area contributed by atoms with E-state index in [4.69, 9.17) is 28.9 Å². The van der Waals surface area contributed by atoms with Gasteiger partial charge in [-0.3, -0.25) is 9.69 Å². The number of halogens is 2. The van der Waals surface area contributed by atoms with Crippen molar-refractivity contribution in [3.05, 3.63) is 86.7 Å². The van der Waals surface area contributed by atoms with Gasteiger partial charge in [-0.25, -0.2) is 4.79 Å². The van der Waals surface area contributed by atoms with Gasteiger partial charge in [0.15, 0.2) is 0 Å². The first kappa shape index (κ1) is 32.8. The molecule has 0 radical (unpaired) electrons. The Morgan fingerprint density at radius 1 is 1.21 bits per heavy atom. The molecule has 1 saturated heterocycles. The highest BCUT2D eigenvalue weighted by Crippen LogP contribution is 2.30. The summed E-state index contributed by atoms with van der Waals surface area (Å²) in [5.74, 6) is -0.161. The Hall–Kier alpha value is -3.08. The van der Waals surface area contributed by atoms with Crippen LogP contribution in [-0.4, -0.2) is 59.0 Å². The molecule has 1 aliphatic heterocycles. The summed E-state index contributed by atoms with van der Waals surface area (Å²) >= 11 is 14.5. The van der Waals surface area contributed by atoms with Crippen LogP contribution in [0.15, 0.2) is 76.3 Å². The predicted octanol–water partition coefficient (Wildman–Crippen LogP) is 6.62. The van der Waals surface area contributed by atoms with E-state index in [0.29, 0.717) is 48.4 Å². The lowest BCUT2D eigenvalue weighted by atomic mass is 10.1. The van der Waals surface area contributed by atoms with Crippen molar-refractivity contribution < 1.29 is 9.59 Å². The summed E-state index contributed by atoms with van der Waals surface area (Å²) in [6, 6.07) is 9.35. The first-order chi connectivity index (χ1) is 20.8. The van der Waals surface area contributed by atoms with Gasteiger partial charge in [0.1, 0.15) is 0 Å². The topological polar surface area (TPSA) is 95.6 Å². The number of rotatable bonds is 14. The molecule has 3 aromatic rings. The monoisotopic (exact) mass is 642 g/mol. The summed E-state index contributed by atoms with van der Waals surface area (Å²) < 4.78 is 2.10. The Kier molecular flexibility index (Phi) is 12.3. The minimum atomic E-state index is -0.455. The number of hydrogen-bond donors (Lipinski definition) is 3. The number of aromatic nitrogens is 1. The lowest BCUT2D eigenvalue weighted by molar-refractivity contribution is -0.130. The minimum Gasteiger partial charge on any atom is -0.343 e. The zero-order valence-electron chi connectivity index (χ0n) is 24.6. The molecular weight excluding hydrogens is 603 g/mol. The van der Waals surface area contributed by atoms with E-state index >= 15 is 0 Å². The van der Waals surface area contributed by atoms with E-state index in [1.165, 1.54) is 18.4 Å². The number of hydrogen-bond acceptors (Lipinski definition) is 5. The summed E-state index contributed by atoms with van der Waals surface area (Å²) in [4.78, 5) is 31.1. The fourth-order valence-corrected chi connectivity index (χ4v) is 6.43. The van der Waals surface area contributed by atoms with Gasteiger partial charge in [-0.15, -0.1) is 11.3 Å². The quantitative estimate of drug-likeness (QED) is 0.172. The molecule has 0 atom stereocenters. The predicted molar refractivity (Wildman–Crippen MR) is 180 cm³/mol. The van der Waals surface area contributed by atoms with Gasteiger partial charge >= 0.3 is 6.03 Å². The van der Waals surface area contributed by atoms with E-state index in [1.807, 2.05) is 48.7 Å². The summed E-state index contributed by atoms with van der Waals surface area (Å²) in [6.45, 7) is 10.7. The van der Waals surface area contributed by atoms with Crippen LogP contribution < -0.4 is 16.4 Å². The van der Waals surface area contributed by atoms with E-state index < -0.39 is 6.03 Å². The SMILES string of the molecule is C=C(Cl)/C(Cn1cc(CN2CCCC2)c2ccc(NC(=O)NCC(=O)N(CCCN)Cc3cccs3)cc21)=C(Cl)\C=C/C. The largest absolute Gasteiger partial charge is 0.343 e. The second kappa shape index (κ2) is 16.1. The van der Waals surface area contributed by atoms with Crippen molar-refractivity contribution in [2.75, 3.05) is 38.0 Å². The number of nitrogens with one attached hydrogen (secondary N) is 2. The summed E-state index contributed by atoms with van der Waals surface area (Å²) in [6.07, 6.45) is 8.91. The fraction of sp³-hybridized carbons (Fsp3) is 0.375. The van der Waals surface area contributed by atoms with Gasteiger partial charge in [0.2, 0.25) is 5.91 Å². The molecule has 0 saturated carbocycles. The average molecular weight is 644 g/mol. The lowest BCUT2D eigenvalue weighted by Gasteiger charge is -2.22. The normalized spacial score (nSPS) is 14.3. The number of carbonyl (C=O) groups excluding carboxylic acids is 2. The number of carbonyl (C=O) groups is 2. The first-order valence-corrected chi connectivity index (χ1v) is 16.2. The molecule has 1 fully saturated rings. The van der Waals surface area contributed by atoms with Crippen LogP contribution in [0.4, 0.5) is 10.5 Å². The smallest absolute Gasteiger partial charge is 0.319 e. The summed E-state index contributed by atoms with van der Waals surface area (Å²) in [5.41, 5.74) is 9.15. The highest BCUT2D eigenvalue weighted by Gasteiger charge is 2.19. The van der Waals surface area contributed by atoms with Gasteiger partial charge in [-0.05, 0) is 81.0 Å². The molecule has 0 unspecified atom stereocenters. The summed E-state index contributed by atoms with van der Waals surface area (Å²) in [7, 11) is 0. The molecule has 8 nitrogen and oxygen atoms in total. The van der Waals surface area contributed by atoms with Gasteiger partial charge in [0.05, 0.1) is 25.2 Å². The van der Waals surface area contributed by atoms with E-state index in [2.05, 4.69) is 32.9 Å². The van der Waals surface area contributed by atoms with Crippen LogP contribution >= 0.6 is 34.5 Å². The molecule has 0 bridgehead atoms. The number of fused-ring (bicyclic) bond motifs is 1. The van der Waals surface area contributed by atoms with Crippen molar-refractivity contribution in [2.45, 2.75) is 45.8 Å². The van der Waals surface area contributed by atoms with E-state index in [1.54, 1.807) is 22.3 Å². The van der Waals surface area contributed by atoms with Gasteiger partial charge in [0.25, 0.3) is 0 Å². The molecule has 4 rings (SSSR count). The van der Waals surface area contributed by atoms with Crippen LogP contribution in [0.25, 0.3) is 10.9 Å². The van der Waals surface area contributed by atoms with Crippen molar-refractivity contribution in [1.82, 2.24) is 19.7 Å². The highest BCUT2D eigenvalue weighted by atomic mass is 35.5. The molecule has 4 N–H and O–H groups in total. The Bertz CT molecular complexity index is 1470. The van der Waals surface area contributed by atoms with Crippen molar-refractivity contribution >= 4 is 63.1 Å². The van der Waals surface area contributed by atoms with Crippen LogP contribution in [0.1, 0.15) is 36.6 Å². The number of likely N-dealkylation sites (tertiary alicyclic amines) is 1. The first-order valence-electron chi connectivity index (χ1n) is 14.5. The third kappa shape index (κ3) is 9.20. The standard InChI is InChI=1S/C32H40Cl2N6O2S/c1-3-8-29(34)28(23(2)33)22-40-20-24(19-38-13-4-5-14-38)27-11-10-25(17-30(27)40)37-32(42)36-18-31(41)39(15-7-12-35)21-26-9-6-16-43-26/h3,6,8-11,16-17,20H,2,4-5,7,12-15,18-19,21-22,35H2,1H3,(H2,36,37,42)/b8-3-,29-28+. The maximum atomic E-state index is 13.0. The molecule has 1 aromatic carbocycles. The van der Waals surface area contributed by atoms with Crippen molar-refractivity contribution in [3.63, 3.8) is 0 Å². The molecule has 0 spiro atoms. The molecule has 3 heterocycles. The van der Waals surface area contributed by atoms with E-state index in [-0.39, 0.29) is 12.5 Å². The molecule has 43 heavy (non-hydrogen) atoms. The second-order valence-corrected chi connectivity index (χ2v) is 12.5. The molecule has 11 heteroatoms. The van der Waals surface area contributed by atoms with Gasteiger partial charge in [-0.1, -0.05) is 48.0 Å². The minimum absolute atomic E-state index is 0.115. The number of amides is 3. The average Bonchev–Trinajstić information content (AvgIpc) is 3.75. The number of allylic oxidation sites excluding steroid dienone is 5. The number of anilines is 1. The second-order valence-electron chi connectivity index (χ2n) is 10.6. The lowest BCUT2D eigenvalue weighted by Crippen LogP contribution is -2.41. The molecule has 3 amide bonds. The third-order valence-electron chi connectivity index (χ3n) is 7.38. The Morgan fingerprint density at radius 2 is 2.00 bits per heavy atom. The molecule has 2 aromatic heterocycles. The fourth-order valence-electron chi connectivity index (χ4n) is 5.20. The third-order valence-corrected chi connectivity index (χ3v) is 8.83. The number of nitrogens with zero attached hydrogens (tertiary/aromatic N) is 3. The number of nitrogens with two attached hydrogens (primary N) is 1. The van der Waals surface area contributed by atoms with Crippen LogP contribution in [-0.2, 0) is 24.4 Å². The van der Waals surface area contributed by atoms with Gasteiger partial charge < -0.3 is 25.8 Å². The number of urea groups is 1. The van der Waals surface area contributed by atoms with Crippen molar-refractivity contribution in [1.29, 1.82) is 0 Å². The van der Waals surface area contributed by atoms with Crippen LogP contribution in [0.3, 0.4) is 0 Å². The number of benzene rings is 1. The molecule has 1 aliphatic rings. The zero-order valence-corrected chi connectivity index (χ0v) is 26.9. The van der Waals surface area contributed by atoms with Gasteiger partial charge in [0, 0.05) is 50.9 Å². The molecular formula is C32H40Cl2N6O2S. The Morgan fingerprint density at radius 3 is 2.67 bits per heavy atom. The van der Waals surface area contributed by atoms with Gasteiger partial charge in [-0.2, -0.15) is 0 Å². The number of thiophene rings is 1. The molecule has 0 aliphatic carbocycles. The van der Waals surface area contributed by atoms with Crippen LogP contribution in [0, 0.1) is 0 Å². The van der Waals surface area contributed by atoms with Crippen LogP contribution in [0.2, 0.25) is 0 Å².